The van der Waals surface area contributed by atoms with E-state index in [0.717, 1.165) is 10.0 Å². The highest BCUT2D eigenvalue weighted by Crippen LogP contribution is 2.38. The summed E-state index contributed by atoms with van der Waals surface area (Å²) in [6.45, 7) is -0.00745. The third kappa shape index (κ3) is 1.94. The van der Waals surface area contributed by atoms with E-state index in [0.29, 0.717) is 5.69 Å². The van der Waals surface area contributed by atoms with Crippen LogP contribution in [-0.4, -0.2) is 25.4 Å². The molecule has 0 radical (unpaired) electrons. The smallest absolute Gasteiger partial charge is 0.249 e. The Morgan fingerprint density at radius 3 is 2.94 bits per heavy atom. The van der Waals surface area contributed by atoms with Gasteiger partial charge in [-0.2, -0.15) is 0 Å². The van der Waals surface area contributed by atoms with E-state index < -0.39 is 6.04 Å². The van der Waals surface area contributed by atoms with E-state index in [2.05, 4.69) is 21.2 Å². The van der Waals surface area contributed by atoms with Crippen molar-refractivity contribution in [1.82, 2.24) is 5.32 Å². The zero-order chi connectivity index (χ0) is 12.6. The highest BCUT2D eigenvalue weighted by Gasteiger charge is 2.36. The number of nitrogens with zero attached hydrogens (tertiary/aromatic N) is 1. The Hall–Kier alpha value is -1.40. The van der Waals surface area contributed by atoms with Crippen LogP contribution >= 0.6 is 15.9 Å². The molecule has 90 valence electrons. The number of carbonyl (C=O) groups excluding carboxylic acids is 2. The zero-order valence-corrected chi connectivity index (χ0v) is 10.8. The minimum atomic E-state index is -0.703. The fourth-order valence-electron chi connectivity index (χ4n) is 1.86. The van der Waals surface area contributed by atoms with Crippen molar-refractivity contribution >= 4 is 33.4 Å². The number of hydrogen-bond acceptors (Lipinski definition) is 3. The lowest BCUT2D eigenvalue weighted by Gasteiger charge is -2.16. The van der Waals surface area contributed by atoms with Crippen LogP contribution in [0.3, 0.4) is 0 Å². The van der Waals surface area contributed by atoms with E-state index in [1.54, 1.807) is 6.07 Å². The molecule has 1 aromatic rings. The largest absolute Gasteiger partial charge is 0.358 e. The molecular weight excluding hydrogens is 286 g/mol. The summed E-state index contributed by atoms with van der Waals surface area (Å²) < 4.78 is 0.787. The summed E-state index contributed by atoms with van der Waals surface area (Å²) in [6, 6.07) is 4.72. The first-order valence-electron chi connectivity index (χ1n) is 5.12. The van der Waals surface area contributed by atoms with Crippen LogP contribution in [0.4, 0.5) is 5.69 Å². The van der Waals surface area contributed by atoms with E-state index in [4.69, 9.17) is 5.73 Å². The molecule has 1 aromatic carbocycles. The number of halogens is 1. The summed E-state index contributed by atoms with van der Waals surface area (Å²) in [5, 5.41) is 2.49. The number of rotatable bonds is 2. The maximum Gasteiger partial charge on any atom is 0.249 e. The van der Waals surface area contributed by atoms with Crippen molar-refractivity contribution in [2.75, 3.05) is 18.5 Å². The SMILES string of the molecule is CNC(=O)CN1C(=O)C(N)c2c(Br)cccc21. The number of anilines is 1. The van der Waals surface area contributed by atoms with Gasteiger partial charge in [0, 0.05) is 17.1 Å². The molecule has 0 aliphatic carbocycles. The number of benzene rings is 1. The van der Waals surface area contributed by atoms with Crippen molar-refractivity contribution in [3.05, 3.63) is 28.2 Å². The Morgan fingerprint density at radius 2 is 2.29 bits per heavy atom. The first-order valence-corrected chi connectivity index (χ1v) is 5.91. The van der Waals surface area contributed by atoms with Crippen molar-refractivity contribution < 1.29 is 9.59 Å². The van der Waals surface area contributed by atoms with Crippen molar-refractivity contribution in [3.63, 3.8) is 0 Å². The van der Waals surface area contributed by atoms with Crippen LogP contribution < -0.4 is 16.0 Å². The summed E-state index contributed by atoms with van der Waals surface area (Å²) in [5.41, 5.74) is 7.28. The molecule has 1 unspecified atom stereocenters. The van der Waals surface area contributed by atoms with Gasteiger partial charge in [-0.15, -0.1) is 0 Å². The van der Waals surface area contributed by atoms with Crippen LogP contribution in [0.15, 0.2) is 22.7 Å². The first kappa shape index (κ1) is 12.1. The van der Waals surface area contributed by atoms with Crippen molar-refractivity contribution in [2.45, 2.75) is 6.04 Å². The van der Waals surface area contributed by atoms with Gasteiger partial charge in [0.2, 0.25) is 11.8 Å². The summed E-state index contributed by atoms with van der Waals surface area (Å²) >= 11 is 3.37. The Kier molecular flexibility index (Phi) is 3.17. The molecule has 0 bridgehead atoms. The maximum atomic E-state index is 12.0. The average molecular weight is 298 g/mol. The van der Waals surface area contributed by atoms with Crippen LogP contribution in [0.25, 0.3) is 0 Å². The molecule has 1 aliphatic heterocycles. The van der Waals surface area contributed by atoms with E-state index in [1.165, 1.54) is 11.9 Å². The van der Waals surface area contributed by atoms with E-state index in [9.17, 15) is 9.59 Å². The van der Waals surface area contributed by atoms with Gasteiger partial charge in [0.05, 0.1) is 5.69 Å². The highest BCUT2D eigenvalue weighted by atomic mass is 79.9. The number of nitrogens with two attached hydrogens (primary N) is 1. The molecular formula is C11H12BrN3O2. The topological polar surface area (TPSA) is 75.4 Å². The Morgan fingerprint density at radius 1 is 1.59 bits per heavy atom. The van der Waals surface area contributed by atoms with Crippen LogP contribution in [0.1, 0.15) is 11.6 Å². The van der Waals surface area contributed by atoms with Gasteiger partial charge >= 0.3 is 0 Å². The molecule has 6 heteroatoms. The molecule has 1 heterocycles. The first-order chi connectivity index (χ1) is 8.06. The van der Waals surface area contributed by atoms with E-state index in [1.807, 2.05) is 12.1 Å². The summed E-state index contributed by atoms with van der Waals surface area (Å²) in [5.74, 6) is -0.478. The van der Waals surface area contributed by atoms with Crippen molar-refractivity contribution in [3.8, 4) is 0 Å². The van der Waals surface area contributed by atoms with Crippen molar-refractivity contribution in [1.29, 1.82) is 0 Å². The van der Waals surface area contributed by atoms with Gasteiger partial charge < -0.3 is 16.0 Å². The highest BCUT2D eigenvalue weighted by molar-refractivity contribution is 9.10. The lowest BCUT2D eigenvalue weighted by molar-refractivity contribution is -0.123. The third-order valence-corrected chi connectivity index (χ3v) is 3.44. The quantitative estimate of drug-likeness (QED) is 0.837. The molecule has 0 aromatic heterocycles. The van der Waals surface area contributed by atoms with Gasteiger partial charge in [0.1, 0.15) is 12.6 Å². The molecule has 0 fully saturated rings. The normalized spacial score (nSPS) is 18.2. The molecule has 2 amide bonds. The second-order valence-corrected chi connectivity index (χ2v) is 4.60. The molecule has 1 atom stereocenters. The van der Waals surface area contributed by atoms with Crippen LogP contribution in [0, 0.1) is 0 Å². The fraction of sp³-hybridized carbons (Fsp3) is 0.273. The van der Waals surface area contributed by atoms with Gasteiger partial charge in [0.25, 0.3) is 0 Å². The summed E-state index contributed by atoms with van der Waals surface area (Å²) in [4.78, 5) is 24.7. The minimum absolute atomic E-state index is 0.00745. The second-order valence-electron chi connectivity index (χ2n) is 3.75. The summed E-state index contributed by atoms with van der Waals surface area (Å²) in [7, 11) is 1.53. The standard InChI is InChI=1S/C11H12BrN3O2/c1-14-8(16)5-15-7-4-2-3-6(12)9(7)10(13)11(15)17/h2-4,10H,5,13H2,1H3,(H,14,16). The third-order valence-electron chi connectivity index (χ3n) is 2.74. The minimum Gasteiger partial charge on any atom is -0.358 e. The molecule has 0 saturated carbocycles. The van der Waals surface area contributed by atoms with Crippen molar-refractivity contribution in [2.24, 2.45) is 5.73 Å². The van der Waals surface area contributed by atoms with Crippen LogP contribution in [-0.2, 0) is 9.59 Å². The lowest BCUT2D eigenvalue weighted by Crippen LogP contribution is -2.39. The molecule has 17 heavy (non-hydrogen) atoms. The summed E-state index contributed by atoms with van der Waals surface area (Å²) in [6.07, 6.45) is 0. The monoisotopic (exact) mass is 297 g/mol. The molecule has 3 N–H and O–H groups in total. The number of carbonyl (C=O) groups is 2. The second kappa shape index (κ2) is 4.46. The number of fused-ring (bicyclic) bond motifs is 1. The zero-order valence-electron chi connectivity index (χ0n) is 9.24. The molecule has 1 aliphatic rings. The fourth-order valence-corrected chi connectivity index (χ4v) is 2.47. The molecule has 5 nitrogen and oxygen atoms in total. The van der Waals surface area contributed by atoms with E-state index in [-0.39, 0.29) is 18.4 Å². The number of likely N-dealkylation sites (N-methyl/N-ethyl adjacent to an activating group) is 1. The Balaban J connectivity index is 2.41. The van der Waals surface area contributed by atoms with Crippen LogP contribution in [0.5, 0.6) is 0 Å². The van der Waals surface area contributed by atoms with Crippen LogP contribution in [0.2, 0.25) is 0 Å². The number of nitrogens with one attached hydrogen (secondary N) is 1. The molecule has 2 rings (SSSR count). The lowest BCUT2D eigenvalue weighted by atomic mass is 10.1. The van der Waals surface area contributed by atoms with Gasteiger partial charge in [-0.05, 0) is 12.1 Å². The molecule has 0 saturated heterocycles. The predicted octanol–water partition coefficient (Wildman–Crippen LogP) is 0.541. The molecule has 0 spiro atoms. The number of amides is 2. The van der Waals surface area contributed by atoms with Gasteiger partial charge in [-0.3, -0.25) is 9.59 Å². The Labute approximate surface area is 107 Å². The average Bonchev–Trinajstić information content (AvgIpc) is 2.55. The van der Waals surface area contributed by atoms with Gasteiger partial charge in [-0.1, -0.05) is 22.0 Å². The predicted molar refractivity (Wildman–Crippen MR) is 67.5 cm³/mol. The van der Waals surface area contributed by atoms with E-state index >= 15 is 0 Å². The number of hydrogen-bond donors (Lipinski definition) is 2. The van der Waals surface area contributed by atoms with Gasteiger partial charge in [-0.25, -0.2) is 0 Å². The Bertz CT molecular complexity index is 490. The van der Waals surface area contributed by atoms with Gasteiger partial charge in [0.15, 0.2) is 0 Å². The maximum absolute atomic E-state index is 12.0.